The first kappa shape index (κ1) is 14.0. The summed E-state index contributed by atoms with van der Waals surface area (Å²) in [5.41, 5.74) is 0. The summed E-state index contributed by atoms with van der Waals surface area (Å²) in [5, 5.41) is 8.54. The lowest BCUT2D eigenvalue weighted by Gasteiger charge is -2.15. The molecule has 0 atom stereocenters. The van der Waals surface area contributed by atoms with Crippen molar-refractivity contribution in [1.29, 1.82) is 0 Å². The molecule has 0 aromatic heterocycles. The molecule has 0 bridgehead atoms. The number of benzene rings is 1. The monoisotopic (exact) mass is 256 g/mol. The maximum absolute atomic E-state index is 10.4. The summed E-state index contributed by atoms with van der Waals surface area (Å²) in [6, 6.07) is 3.31. The predicted molar refractivity (Wildman–Crippen MR) is 63.8 cm³/mol. The van der Waals surface area contributed by atoms with E-state index in [4.69, 9.17) is 24.1 Å². The highest BCUT2D eigenvalue weighted by Crippen LogP contribution is 2.43. The standard InChI is InChI=1S/C12H16O6/c1-15-8-4-5-9(18-7-6-10(13)14)12(17-3)11(8)16-2/h4-5H,6-7H2,1-3H3,(H,13,14). The number of carbonyl (C=O) groups is 1. The second-order valence-electron chi connectivity index (χ2n) is 3.32. The van der Waals surface area contributed by atoms with Crippen LogP contribution in [-0.4, -0.2) is 39.0 Å². The van der Waals surface area contributed by atoms with Gasteiger partial charge in [-0.1, -0.05) is 0 Å². The molecule has 1 rings (SSSR count). The second kappa shape index (κ2) is 6.58. The highest BCUT2D eigenvalue weighted by Gasteiger charge is 2.16. The van der Waals surface area contributed by atoms with Crippen LogP contribution in [0, 0.1) is 0 Å². The summed E-state index contributed by atoms with van der Waals surface area (Å²) < 4.78 is 20.8. The van der Waals surface area contributed by atoms with Gasteiger partial charge in [0, 0.05) is 0 Å². The summed E-state index contributed by atoms with van der Waals surface area (Å²) in [4.78, 5) is 10.4. The van der Waals surface area contributed by atoms with E-state index >= 15 is 0 Å². The Hall–Kier alpha value is -2.11. The Morgan fingerprint density at radius 1 is 1.06 bits per heavy atom. The van der Waals surface area contributed by atoms with Crippen LogP contribution in [-0.2, 0) is 4.79 Å². The number of carboxylic acid groups (broad SMARTS) is 1. The lowest BCUT2D eigenvalue weighted by atomic mass is 10.2. The van der Waals surface area contributed by atoms with Gasteiger partial charge in [-0.05, 0) is 12.1 Å². The summed E-state index contributed by atoms with van der Waals surface area (Å²) in [7, 11) is 4.48. The van der Waals surface area contributed by atoms with Crippen molar-refractivity contribution in [2.75, 3.05) is 27.9 Å². The molecule has 0 radical (unpaired) electrons. The Kier molecular flexibility index (Phi) is 5.10. The summed E-state index contributed by atoms with van der Waals surface area (Å²) >= 11 is 0. The van der Waals surface area contributed by atoms with Gasteiger partial charge in [0.2, 0.25) is 11.5 Å². The molecule has 1 aromatic rings. The molecular formula is C12H16O6. The maximum atomic E-state index is 10.4. The van der Waals surface area contributed by atoms with E-state index in [1.54, 1.807) is 12.1 Å². The van der Waals surface area contributed by atoms with Crippen molar-refractivity contribution in [2.45, 2.75) is 6.42 Å². The van der Waals surface area contributed by atoms with Gasteiger partial charge in [-0.15, -0.1) is 0 Å². The third kappa shape index (κ3) is 3.19. The molecule has 0 heterocycles. The van der Waals surface area contributed by atoms with Crippen molar-refractivity contribution in [3.05, 3.63) is 12.1 Å². The molecule has 1 aromatic carbocycles. The third-order valence-corrected chi connectivity index (χ3v) is 2.24. The molecular weight excluding hydrogens is 240 g/mol. The Morgan fingerprint density at radius 3 is 2.11 bits per heavy atom. The van der Waals surface area contributed by atoms with E-state index in [0.29, 0.717) is 23.0 Å². The van der Waals surface area contributed by atoms with E-state index in [-0.39, 0.29) is 13.0 Å². The van der Waals surface area contributed by atoms with E-state index in [1.165, 1.54) is 21.3 Å². The van der Waals surface area contributed by atoms with Gasteiger partial charge in [0.25, 0.3) is 0 Å². The van der Waals surface area contributed by atoms with Crippen molar-refractivity contribution < 1.29 is 28.8 Å². The van der Waals surface area contributed by atoms with Gasteiger partial charge in [-0.25, -0.2) is 0 Å². The van der Waals surface area contributed by atoms with Gasteiger partial charge in [0.1, 0.15) is 0 Å². The van der Waals surface area contributed by atoms with Crippen LogP contribution in [0.25, 0.3) is 0 Å². The van der Waals surface area contributed by atoms with Crippen LogP contribution >= 0.6 is 0 Å². The topological polar surface area (TPSA) is 74.2 Å². The number of aliphatic carboxylic acids is 1. The van der Waals surface area contributed by atoms with E-state index in [0.717, 1.165) is 0 Å². The number of ether oxygens (including phenoxy) is 4. The van der Waals surface area contributed by atoms with Gasteiger partial charge in [-0.3, -0.25) is 4.79 Å². The number of hydrogen-bond donors (Lipinski definition) is 1. The highest BCUT2D eigenvalue weighted by molar-refractivity contribution is 5.67. The average Bonchev–Trinajstić information content (AvgIpc) is 2.37. The molecule has 0 aliphatic heterocycles. The molecule has 0 amide bonds. The molecule has 100 valence electrons. The van der Waals surface area contributed by atoms with Gasteiger partial charge in [-0.2, -0.15) is 0 Å². The Balaban J connectivity index is 2.94. The fraction of sp³-hybridized carbons (Fsp3) is 0.417. The van der Waals surface area contributed by atoms with Crippen LogP contribution in [0.1, 0.15) is 6.42 Å². The summed E-state index contributed by atoms with van der Waals surface area (Å²) in [6.07, 6.45) is -0.0858. The van der Waals surface area contributed by atoms with Crippen molar-refractivity contribution in [3.8, 4) is 23.0 Å². The zero-order valence-electron chi connectivity index (χ0n) is 10.6. The lowest BCUT2D eigenvalue weighted by molar-refractivity contribution is -0.137. The largest absolute Gasteiger partial charge is 0.493 e. The minimum Gasteiger partial charge on any atom is -0.493 e. The molecule has 0 unspecified atom stereocenters. The number of methoxy groups -OCH3 is 3. The summed E-state index contributed by atoms with van der Waals surface area (Å²) in [6.45, 7) is 0.0567. The number of hydrogen-bond acceptors (Lipinski definition) is 5. The molecule has 6 heteroatoms. The molecule has 0 saturated carbocycles. The minimum atomic E-state index is -0.922. The predicted octanol–water partition coefficient (Wildman–Crippen LogP) is 1.57. The van der Waals surface area contributed by atoms with E-state index in [2.05, 4.69) is 0 Å². The normalized spacial score (nSPS) is 9.72. The molecule has 0 saturated heterocycles. The quantitative estimate of drug-likeness (QED) is 0.798. The highest BCUT2D eigenvalue weighted by atomic mass is 16.5. The number of rotatable bonds is 7. The molecule has 0 spiro atoms. The van der Waals surface area contributed by atoms with Gasteiger partial charge in [0.05, 0.1) is 34.4 Å². The van der Waals surface area contributed by atoms with Gasteiger partial charge >= 0.3 is 5.97 Å². The van der Waals surface area contributed by atoms with E-state index < -0.39 is 5.97 Å². The molecule has 0 fully saturated rings. The molecule has 6 nitrogen and oxygen atoms in total. The van der Waals surface area contributed by atoms with Crippen LogP contribution in [0.5, 0.6) is 23.0 Å². The van der Waals surface area contributed by atoms with Crippen molar-refractivity contribution in [2.24, 2.45) is 0 Å². The average molecular weight is 256 g/mol. The molecule has 0 aliphatic rings. The second-order valence-corrected chi connectivity index (χ2v) is 3.32. The van der Waals surface area contributed by atoms with E-state index in [9.17, 15) is 4.79 Å². The Labute approximate surface area is 105 Å². The van der Waals surface area contributed by atoms with Crippen LogP contribution in [0.2, 0.25) is 0 Å². The SMILES string of the molecule is COc1ccc(OCCC(=O)O)c(OC)c1OC. The van der Waals surface area contributed by atoms with Crippen LogP contribution in [0.4, 0.5) is 0 Å². The molecule has 1 N–H and O–H groups in total. The minimum absolute atomic E-state index is 0.0567. The van der Waals surface area contributed by atoms with Crippen LogP contribution < -0.4 is 18.9 Å². The Morgan fingerprint density at radius 2 is 1.61 bits per heavy atom. The number of carboxylic acids is 1. The van der Waals surface area contributed by atoms with Gasteiger partial charge in [0.15, 0.2) is 11.5 Å². The van der Waals surface area contributed by atoms with Gasteiger partial charge < -0.3 is 24.1 Å². The first-order valence-corrected chi connectivity index (χ1v) is 5.27. The smallest absolute Gasteiger partial charge is 0.306 e. The fourth-order valence-electron chi connectivity index (χ4n) is 1.44. The lowest BCUT2D eigenvalue weighted by Crippen LogP contribution is -2.06. The first-order chi connectivity index (χ1) is 8.63. The van der Waals surface area contributed by atoms with Crippen molar-refractivity contribution in [3.63, 3.8) is 0 Å². The zero-order chi connectivity index (χ0) is 13.5. The molecule has 18 heavy (non-hydrogen) atoms. The van der Waals surface area contributed by atoms with Crippen molar-refractivity contribution >= 4 is 5.97 Å². The third-order valence-electron chi connectivity index (χ3n) is 2.24. The first-order valence-electron chi connectivity index (χ1n) is 5.27. The van der Waals surface area contributed by atoms with Crippen LogP contribution in [0.15, 0.2) is 12.1 Å². The van der Waals surface area contributed by atoms with Crippen molar-refractivity contribution in [1.82, 2.24) is 0 Å². The fourth-order valence-corrected chi connectivity index (χ4v) is 1.44. The maximum Gasteiger partial charge on any atom is 0.306 e. The summed E-state index contributed by atoms with van der Waals surface area (Å²) in [5.74, 6) is 0.792. The molecule has 0 aliphatic carbocycles. The Bertz CT molecular complexity index is 415. The van der Waals surface area contributed by atoms with Crippen LogP contribution in [0.3, 0.4) is 0 Å². The zero-order valence-corrected chi connectivity index (χ0v) is 10.6. The van der Waals surface area contributed by atoms with E-state index in [1.807, 2.05) is 0 Å².